The van der Waals surface area contributed by atoms with Gasteiger partial charge in [-0.25, -0.2) is 9.97 Å². The Kier molecular flexibility index (Phi) is 5.72. The second kappa shape index (κ2) is 8.59. The maximum absolute atomic E-state index is 12.2. The Balaban J connectivity index is 1.51. The first kappa shape index (κ1) is 16.6. The predicted molar refractivity (Wildman–Crippen MR) is 98.9 cm³/mol. The molecule has 3 aromatic rings. The molecule has 0 aliphatic carbocycles. The third kappa shape index (κ3) is 5.14. The largest absolute Gasteiger partial charge is 0.351 e. The first-order valence-electron chi connectivity index (χ1n) is 8.27. The summed E-state index contributed by atoms with van der Waals surface area (Å²) in [5.74, 6) is 0.405. The van der Waals surface area contributed by atoms with Crippen LogP contribution in [0, 0.1) is 0 Å². The lowest BCUT2D eigenvalue weighted by Gasteiger charge is -2.08. The summed E-state index contributed by atoms with van der Waals surface area (Å²) in [7, 11) is 0. The number of benzene rings is 2. The molecule has 0 spiro atoms. The summed E-state index contributed by atoms with van der Waals surface area (Å²) in [6.45, 7) is 0.610. The van der Waals surface area contributed by atoms with Crippen molar-refractivity contribution >= 4 is 17.4 Å². The van der Waals surface area contributed by atoms with E-state index in [1.807, 2.05) is 48.5 Å². The molecule has 0 radical (unpaired) electrons. The highest BCUT2D eigenvalue weighted by Crippen LogP contribution is 2.13. The first-order chi connectivity index (χ1) is 12.3. The van der Waals surface area contributed by atoms with Gasteiger partial charge in [-0.15, -0.1) is 0 Å². The molecule has 3 rings (SSSR count). The molecule has 1 amide bonds. The summed E-state index contributed by atoms with van der Waals surface area (Å²) >= 11 is 0. The van der Waals surface area contributed by atoms with E-state index in [-0.39, 0.29) is 5.91 Å². The van der Waals surface area contributed by atoms with E-state index in [4.69, 9.17) is 0 Å². The molecule has 25 heavy (non-hydrogen) atoms. The van der Waals surface area contributed by atoms with Gasteiger partial charge in [0.1, 0.15) is 17.8 Å². The van der Waals surface area contributed by atoms with Crippen molar-refractivity contribution in [3.63, 3.8) is 0 Å². The van der Waals surface area contributed by atoms with Crippen molar-refractivity contribution in [3.8, 4) is 0 Å². The van der Waals surface area contributed by atoms with Crippen LogP contribution in [0.25, 0.3) is 0 Å². The van der Waals surface area contributed by atoms with Crippen molar-refractivity contribution < 1.29 is 4.79 Å². The van der Waals surface area contributed by atoms with Crippen LogP contribution in [-0.2, 0) is 6.42 Å². The van der Waals surface area contributed by atoms with E-state index in [2.05, 4.69) is 32.7 Å². The molecule has 0 aliphatic rings. The van der Waals surface area contributed by atoms with Gasteiger partial charge in [0, 0.05) is 18.3 Å². The van der Waals surface area contributed by atoms with Gasteiger partial charge in [0.05, 0.1) is 0 Å². The zero-order valence-electron chi connectivity index (χ0n) is 13.9. The average Bonchev–Trinajstić information content (AvgIpc) is 2.67. The van der Waals surface area contributed by atoms with Gasteiger partial charge in [-0.05, 0) is 30.5 Å². The van der Waals surface area contributed by atoms with Gasteiger partial charge in [-0.3, -0.25) is 4.79 Å². The van der Waals surface area contributed by atoms with Crippen molar-refractivity contribution in [2.45, 2.75) is 12.8 Å². The van der Waals surface area contributed by atoms with Crippen LogP contribution in [0.1, 0.15) is 22.5 Å². The van der Waals surface area contributed by atoms with Gasteiger partial charge < -0.3 is 10.6 Å². The van der Waals surface area contributed by atoms with Crippen molar-refractivity contribution in [1.29, 1.82) is 0 Å². The quantitative estimate of drug-likeness (QED) is 0.649. The Hall–Kier alpha value is -3.21. The van der Waals surface area contributed by atoms with E-state index in [9.17, 15) is 4.79 Å². The number of amides is 1. The summed E-state index contributed by atoms with van der Waals surface area (Å²) in [5.41, 5.74) is 2.54. The second-order valence-electron chi connectivity index (χ2n) is 5.62. The number of anilines is 2. The summed E-state index contributed by atoms with van der Waals surface area (Å²) < 4.78 is 0. The van der Waals surface area contributed by atoms with Crippen LogP contribution in [0.5, 0.6) is 0 Å². The van der Waals surface area contributed by atoms with Gasteiger partial charge in [-0.2, -0.15) is 0 Å². The Morgan fingerprint density at radius 2 is 1.64 bits per heavy atom. The fourth-order valence-corrected chi connectivity index (χ4v) is 2.45. The van der Waals surface area contributed by atoms with Crippen LogP contribution in [-0.4, -0.2) is 22.4 Å². The normalized spacial score (nSPS) is 10.2. The third-order valence-corrected chi connectivity index (χ3v) is 3.72. The fourth-order valence-electron chi connectivity index (χ4n) is 2.45. The Morgan fingerprint density at radius 1 is 0.920 bits per heavy atom. The molecule has 1 heterocycles. The van der Waals surface area contributed by atoms with E-state index in [1.54, 1.807) is 6.07 Å². The molecule has 0 saturated carbocycles. The molecular weight excluding hydrogens is 312 g/mol. The van der Waals surface area contributed by atoms with Crippen LogP contribution in [0.3, 0.4) is 0 Å². The number of nitrogens with zero attached hydrogens (tertiary/aromatic N) is 2. The number of aryl methyl sites for hydroxylation is 1. The van der Waals surface area contributed by atoms with E-state index in [0.717, 1.165) is 18.5 Å². The monoisotopic (exact) mass is 332 g/mol. The first-order valence-corrected chi connectivity index (χ1v) is 8.27. The Labute approximate surface area is 147 Å². The van der Waals surface area contributed by atoms with Crippen molar-refractivity contribution in [3.05, 3.63) is 84.3 Å². The molecule has 1 aromatic heterocycles. The summed E-state index contributed by atoms with van der Waals surface area (Å²) in [6.07, 6.45) is 3.21. The molecule has 5 heteroatoms. The number of hydrogen-bond donors (Lipinski definition) is 2. The molecule has 0 bridgehead atoms. The smallest absolute Gasteiger partial charge is 0.270 e. The standard InChI is InChI=1S/C20H20N4O/c25-20(21-13-7-10-16-8-3-1-4-9-16)18-14-19(23-15-22-18)24-17-11-5-2-6-12-17/h1-6,8-9,11-12,14-15H,7,10,13H2,(H,21,25)(H,22,23,24). The number of hydrogen-bond acceptors (Lipinski definition) is 4. The van der Waals surface area contributed by atoms with Crippen LogP contribution < -0.4 is 10.6 Å². The SMILES string of the molecule is O=C(NCCCc1ccccc1)c1cc(Nc2ccccc2)ncn1. The number of rotatable bonds is 7. The second-order valence-corrected chi connectivity index (χ2v) is 5.62. The van der Waals surface area contributed by atoms with Gasteiger partial charge in [-0.1, -0.05) is 48.5 Å². The van der Waals surface area contributed by atoms with E-state index in [1.165, 1.54) is 11.9 Å². The number of carbonyl (C=O) groups is 1. The summed E-state index contributed by atoms with van der Waals surface area (Å²) in [6, 6.07) is 21.6. The lowest BCUT2D eigenvalue weighted by Crippen LogP contribution is -2.25. The highest BCUT2D eigenvalue weighted by molar-refractivity contribution is 5.92. The molecule has 5 nitrogen and oxygen atoms in total. The van der Waals surface area contributed by atoms with Crippen LogP contribution in [0.15, 0.2) is 73.1 Å². The number of para-hydroxylation sites is 1. The minimum absolute atomic E-state index is 0.188. The summed E-state index contributed by atoms with van der Waals surface area (Å²) in [5, 5.41) is 6.06. The lowest BCUT2D eigenvalue weighted by molar-refractivity contribution is 0.0948. The molecule has 126 valence electrons. The molecule has 0 aliphatic heterocycles. The van der Waals surface area contributed by atoms with E-state index in [0.29, 0.717) is 18.1 Å². The van der Waals surface area contributed by atoms with Gasteiger partial charge in [0.15, 0.2) is 0 Å². The van der Waals surface area contributed by atoms with Crippen molar-refractivity contribution in [2.24, 2.45) is 0 Å². The zero-order chi connectivity index (χ0) is 17.3. The highest BCUT2D eigenvalue weighted by Gasteiger charge is 2.08. The lowest BCUT2D eigenvalue weighted by atomic mass is 10.1. The maximum Gasteiger partial charge on any atom is 0.270 e. The minimum atomic E-state index is -0.188. The van der Waals surface area contributed by atoms with Crippen LogP contribution >= 0.6 is 0 Å². The number of aromatic nitrogens is 2. The van der Waals surface area contributed by atoms with Gasteiger partial charge in [0.25, 0.3) is 5.91 Å². The third-order valence-electron chi connectivity index (χ3n) is 3.72. The molecule has 0 fully saturated rings. The average molecular weight is 332 g/mol. The number of nitrogens with one attached hydrogen (secondary N) is 2. The highest BCUT2D eigenvalue weighted by atomic mass is 16.1. The zero-order valence-corrected chi connectivity index (χ0v) is 13.9. The van der Waals surface area contributed by atoms with E-state index < -0.39 is 0 Å². The molecule has 2 N–H and O–H groups in total. The van der Waals surface area contributed by atoms with Crippen molar-refractivity contribution in [2.75, 3.05) is 11.9 Å². The molecule has 0 unspecified atom stereocenters. The van der Waals surface area contributed by atoms with Crippen LogP contribution in [0.4, 0.5) is 11.5 Å². The Bertz CT molecular complexity index is 806. The topological polar surface area (TPSA) is 66.9 Å². The molecule has 0 saturated heterocycles. The molecular formula is C20H20N4O. The van der Waals surface area contributed by atoms with Gasteiger partial charge >= 0.3 is 0 Å². The number of carbonyl (C=O) groups excluding carboxylic acids is 1. The minimum Gasteiger partial charge on any atom is -0.351 e. The fraction of sp³-hybridized carbons (Fsp3) is 0.150. The van der Waals surface area contributed by atoms with Crippen molar-refractivity contribution in [1.82, 2.24) is 15.3 Å². The Morgan fingerprint density at radius 3 is 2.40 bits per heavy atom. The van der Waals surface area contributed by atoms with Gasteiger partial charge in [0.2, 0.25) is 0 Å². The maximum atomic E-state index is 12.2. The van der Waals surface area contributed by atoms with E-state index >= 15 is 0 Å². The van der Waals surface area contributed by atoms with Crippen LogP contribution in [0.2, 0.25) is 0 Å². The molecule has 0 atom stereocenters. The molecule has 2 aromatic carbocycles. The summed E-state index contributed by atoms with van der Waals surface area (Å²) in [4.78, 5) is 20.4. The predicted octanol–water partition coefficient (Wildman–Crippen LogP) is 3.58.